The molecule has 1 amide bonds. The van der Waals surface area contributed by atoms with Crippen LogP contribution in [-0.2, 0) is 4.79 Å². The number of nitrogens with one attached hydrogen (secondary N) is 1. The lowest BCUT2D eigenvalue weighted by molar-refractivity contribution is -0.118. The van der Waals surface area contributed by atoms with E-state index in [4.69, 9.17) is 4.74 Å². The highest BCUT2D eigenvalue weighted by Gasteiger charge is 2.12. The first-order valence-electron chi connectivity index (χ1n) is 8.47. The van der Waals surface area contributed by atoms with Crippen molar-refractivity contribution in [2.45, 2.75) is 20.8 Å². The van der Waals surface area contributed by atoms with Crippen LogP contribution < -0.4 is 10.1 Å². The molecule has 26 heavy (non-hydrogen) atoms. The molecule has 0 saturated carbocycles. The van der Waals surface area contributed by atoms with Crippen molar-refractivity contribution in [1.29, 1.82) is 0 Å². The first-order valence-corrected chi connectivity index (χ1v) is 8.47. The predicted octanol–water partition coefficient (Wildman–Crippen LogP) is 4.60. The van der Waals surface area contributed by atoms with Crippen LogP contribution in [-0.4, -0.2) is 18.8 Å². The molecule has 0 unspecified atom stereocenters. The Morgan fingerprint density at radius 1 is 1.04 bits per heavy atom. The highest BCUT2D eigenvalue weighted by Crippen LogP contribution is 2.27. The lowest BCUT2D eigenvalue weighted by atomic mass is 10.0. The number of carbonyl (C=O) groups is 2. The average Bonchev–Trinajstić information content (AvgIpc) is 2.62. The van der Waals surface area contributed by atoms with E-state index in [9.17, 15) is 9.59 Å². The molecular formula is C22H21NO3. The molecule has 0 radical (unpaired) electrons. The maximum atomic E-state index is 12.3. The summed E-state index contributed by atoms with van der Waals surface area (Å²) in [5, 5.41) is 4.66. The van der Waals surface area contributed by atoms with E-state index in [1.54, 1.807) is 6.07 Å². The van der Waals surface area contributed by atoms with Gasteiger partial charge in [0.05, 0.1) is 5.56 Å². The second-order valence-corrected chi connectivity index (χ2v) is 6.43. The van der Waals surface area contributed by atoms with Gasteiger partial charge in [-0.25, -0.2) is 0 Å². The van der Waals surface area contributed by atoms with Gasteiger partial charge in [0.15, 0.2) is 12.9 Å². The summed E-state index contributed by atoms with van der Waals surface area (Å²) in [5.74, 6) is 0.149. The zero-order chi connectivity index (χ0) is 18.7. The minimum absolute atomic E-state index is 0.161. The Hall–Kier alpha value is -3.14. The number of amides is 1. The summed E-state index contributed by atoms with van der Waals surface area (Å²) in [6.07, 6.45) is 0.768. The molecule has 0 atom stereocenters. The number of benzene rings is 3. The molecule has 4 nitrogen and oxygen atoms in total. The van der Waals surface area contributed by atoms with Crippen LogP contribution in [0.3, 0.4) is 0 Å². The van der Waals surface area contributed by atoms with E-state index in [0.29, 0.717) is 11.3 Å². The largest absolute Gasteiger partial charge is 0.483 e. The van der Waals surface area contributed by atoms with E-state index >= 15 is 0 Å². The van der Waals surface area contributed by atoms with Crippen molar-refractivity contribution in [3.63, 3.8) is 0 Å². The average molecular weight is 347 g/mol. The molecule has 0 saturated heterocycles. The van der Waals surface area contributed by atoms with Gasteiger partial charge >= 0.3 is 0 Å². The van der Waals surface area contributed by atoms with E-state index < -0.39 is 0 Å². The molecule has 1 N–H and O–H groups in total. The Bertz CT molecular complexity index is 969. The fourth-order valence-corrected chi connectivity index (χ4v) is 3.22. The molecule has 3 rings (SSSR count). The number of anilines is 1. The Balaban J connectivity index is 1.76. The van der Waals surface area contributed by atoms with Crippen LogP contribution in [0.25, 0.3) is 10.8 Å². The number of aryl methyl sites for hydroxylation is 3. The van der Waals surface area contributed by atoms with Gasteiger partial charge in [-0.3, -0.25) is 9.59 Å². The molecule has 3 aromatic carbocycles. The lowest BCUT2D eigenvalue weighted by Gasteiger charge is -2.14. The smallest absolute Gasteiger partial charge is 0.262 e. The fraction of sp³-hybridized carbons (Fsp3) is 0.182. The van der Waals surface area contributed by atoms with Crippen molar-refractivity contribution >= 4 is 28.7 Å². The van der Waals surface area contributed by atoms with Crippen molar-refractivity contribution in [2.75, 3.05) is 11.9 Å². The highest BCUT2D eigenvalue weighted by atomic mass is 16.5. The van der Waals surface area contributed by atoms with Crippen molar-refractivity contribution in [2.24, 2.45) is 0 Å². The third-order valence-corrected chi connectivity index (χ3v) is 4.35. The summed E-state index contributed by atoms with van der Waals surface area (Å²) in [6.45, 7) is 5.79. The molecule has 132 valence electrons. The van der Waals surface area contributed by atoms with Crippen molar-refractivity contribution in [3.05, 3.63) is 70.8 Å². The van der Waals surface area contributed by atoms with E-state index in [2.05, 4.69) is 5.32 Å². The van der Waals surface area contributed by atoms with Crippen LogP contribution in [0.2, 0.25) is 0 Å². The molecular weight excluding hydrogens is 326 g/mol. The molecule has 4 heteroatoms. The number of fused-ring (bicyclic) bond motifs is 1. The van der Waals surface area contributed by atoms with Gasteiger partial charge in [0.1, 0.15) is 5.75 Å². The van der Waals surface area contributed by atoms with Crippen molar-refractivity contribution < 1.29 is 14.3 Å². The summed E-state index contributed by atoms with van der Waals surface area (Å²) in [4.78, 5) is 23.8. The van der Waals surface area contributed by atoms with Crippen molar-refractivity contribution in [3.8, 4) is 5.75 Å². The molecule has 0 heterocycles. The monoisotopic (exact) mass is 347 g/mol. The number of carbonyl (C=O) groups excluding carboxylic acids is 2. The molecule has 0 aliphatic rings. The Morgan fingerprint density at radius 2 is 1.73 bits per heavy atom. The zero-order valence-electron chi connectivity index (χ0n) is 15.1. The van der Waals surface area contributed by atoms with Crippen molar-refractivity contribution in [1.82, 2.24) is 0 Å². The predicted molar refractivity (Wildman–Crippen MR) is 104 cm³/mol. The summed E-state index contributed by atoms with van der Waals surface area (Å²) in [7, 11) is 0. The fourth-order valence-electron chi connectivity index (χ4n) is 3.22. The van der Waals surface area contributed by atoms with Crippen LogP contribution in [0.1, 0.15) is 27.0 Å². The standard InChI is InChI=1S/C22H21NO3/c1-14-10-15(2)22(16(3)11-14)23-21(25)13-26-20-9-8-17-6-4-5-7-18(17)19(20)12-24/h4-12H,13H2,1-3H3,(H,23,25). The van der Waals surface area contributed by atoms with Gasteiger partial charge in [-0.1, -0.05) is 48.0 Å². The summed E-state index contributed by atoms with van der Waals surface area (Å²) >= 11 is 0. The maximum Gasteiger partial charge on any atom is 0.262 e. The van der Waals surface area contributed by atoms with E-state index in [1.807, 2.05) is 63.2 Å². The van der Waals surface area contributed by atoms with E-state index in [-0.39, 0.29) is 12.5 Å². The molecule has 0 aromatic heterocycles. The molecule has 3 aromatic rings. The van der Waals surface area contributed by atoms with E-state index in [1.165, 1.54) is 0 Å². The Kier molecular flexibility index (Phi) is 5.03. The lowest BCUT2D eigenvalue weighted by Crippen LogP contribution is -2.21. The highest BCUT2D eigenvalue weighted by molar-refractivity contribution is 6.01. The summed E-state index contributed by atoms with van der Waals surface area (Å²) in [6, 6.07) is 15.2. The third-order valence-electron chi connectivity index (χ3n) is 4.35. The molecule has 0 spiro atoms. The first-order chi connectivity index (χ1) is 12.5. The number of hydrogen-bond donors (Lipinski definition) is 1. The third kappa shape index (κ3) is 3.59. The van der Waals surface area contributed by atoms with Gasteiger partial charge in [-0.05, 0) is 48.7 Å². The number of aldehydes is 1. The quantitative estimate of drug-likeness (QED) is 0.687. The normalized spacial score (nSPS) is 10.6. The first kappa shape index (κ1) is 17.7. The zero-order valence-corrected chi connectivity index (χ0v) is 15.1. The van der Waals surface area contributed by atoms with Crippen LogP contribution in [0.4, 0.5) is 5.69 Å². The molecule has 0 aliphatic heterocycles. The minimum atomic E-state index is -0.259. The van der Waals surface area contributed by atoms with Crippen LogP contribution in [0.15, 0.2) is 48.5 Å². The molecule has 0 fully saturated rings. The van der Waals surface area contributed by atoms with Gasteiger partial charge < -0.3 is 10.1 Å². The molecule has 0 bridgehead atoms. The van der Waals surface area contributed by atoms with Gasteiger partial charge in [0.25, 0.3) is 5.91 Å². The van der Waals surface area contributed by atoms with Gasteiger partial charge in [-0.15, -0.1) is 0 Å². The van der Waals surface area contributed by atoms with Crippen LogP contribution in [0.5, 0.6) is 5.75 Å². The SMILES string of the molecule is Cc1cc(C)c(NC(=O)COc2ccc3ccccc3c2C=O)c(C)c1. The summed E-state index contributed by atoms with van der Waals surface area (Å²) in [5.41, 5.74) is 4.43. The Labute approximate surface area is 152 Å². The molecule has 0 aliphatic carbocycles. The summed E-state index contributed by atoms with van der Waals surface area (Å²) < 4.78 is 5.63. The van der Waals surface area contributed by atoms with Crippen LogP contribution >= 0.6 is 0 Å². The second-order valence-electron chi connectivity index (χ2n) is 6.43. The van der Waals surface area contributed by atoms with Gasteiger partial charge in [0, 0.05) is 5.69 Å². The van der Waals surface area contributed by atoms with Gasteiger partial charge in [-0.2, -0.15) is 0 Å². The Morgan fingerprint density at radius 3 is 2.42 bits per heavy atom. The number of hydrogen-bond acceptors (Lipinski definition) is 3. The topological polar surface area (TPSA) is 55.4 Å². The number of rotatable bonds is 5. The van der Waals surface area contributed by atoms with Crippen LogP contribution in [0, 0.1) is 20.8 Å². The number of ether oxygens (including phenoxy) is 1. The van der Waals surface area contributed by atoms with Gasteiger partial charge in [0.2, 0.25) is 0 Å². The minimum Gasteiger partial charge on any atom is -0.483 e. The van der Waals surface area contributed by atoms with E-state index in [0.717, 1.165) is 39.4 Å². The maximum absolute atomic E-state index is 12.3. The second kappa shape index (κ2) is 7.40.